The van der Waals surface area contributed by atoms with E-state index in [-0.39, 0.29) is 17.3 Å². The van der Waals surface area contributed by atoms with Crippen molar-refractivity contribution in [3.8, 4) is 0 Å². The highest BCUT2D eigenvalue weighted by molar-refractivity contribution is 7.92. The lowest BCUT2D eigenvalue weighted by Crippen LogP contribution is -3.12. The molecule has 6 nitrogen and oxygen atoms in total. The number of quaternary nitrogens is 1. The van der Waals surface area contributed by atoms with Gasteiger partial charge in [-0.1, -0.05) is 35.9 Å². The summed E-state index contributed by atoms with van der Waals surface area (Å²) in [6, 6.07) is 14.0. The summed E-state index contributed by atoms with van der Waals surface area (Å²) in [4.78, 5) is 16.3. The highest BCUT2D eigenvalue weighted by Gasteiger charge is 2.31. The third-order valence-corrected chi connectivity index (χ3v) is 7.02. The van der Waals surface area contributed by atoms with Crippen molar-refractivity contribution < 1.29 is 18.1 Å². The fourth-order valence-corrected chi connectivity index (χ4v) is 4.82. The van der Waals surface area contributed by atoms with Crippen molar-refractivity contribution in [2.45, 2.75) is 18.7 Å². The summed E-state index contributed by atoms with van der Waals surface area (Å²) >= 11 is 0. The first-order chi connectivity index (χ1) is 13.3. The minimum Gasteiger partial charge on any atom is -0.334 e. The summed E-state index contributed by atoms with van der Waals surface area (Å²) in [5.41, 5.74) is 2.34. The van der Waals surface area contributed by atoms with Crippen molar-refractivity contribution in [1.82, 2.24) is 4.90 Å². The molecule has 0 atom stereocenters. The highest BCUT2D eigenvalue weighted by Crippen LogP contribution is 2.27. The Morgan fingerprint density at radius 2 is 1.64 bits per heavy atom. The number of carbonyl (C=O) groups excluding carboxylic acids is 1. The lowest BCUT2D eigenvalue weighted by molar-refractivity contribution is -0.883. The first-order valence-electron chi connectivity index (χ1n) is 9.53. The van der Waals surface area contributed by atoms with E-state index in [1.807, 2.05) is 26.0 Å². The molecule has 0 spiro atoms. The molecule has 150 valence electrons. The van der Waals surface area contributed by atoms with Crippen LogP contribution in [-0.4, -0.2) is 59.0 Å². The Bertz CT molecular complexity index is 934. The summed E-state index contributed by atoms with van der Waals surface area (Å²) in [6.45, 7) is 6.63. The summed E-state index contributed by atoms with van der Waals surface area (Å²) in [5, 5.41) is 0. The van der Waals surface area contributed by atoms with E-state index in [0.717, 1.165) is 24.2 Å². The first kappa shape index (κ1) is 20.4. The van der Waals surface area contributed by atoms with E-state index in [1.54, 1.807) is 41.3 Å². The monoisotopic (exact) mass is 402 g/mol. The fourth-order valence-electron chi connectivity index (χ4n) is 3.34. The predicted octanol–water partition coefficient (Wildman–Crippen LogP) is 0.856. The molecule has 28 heavy (non-hydrogen) atoms. The van der Waals surface area contributed by atoms with Crippen LogP contribution in [0.25, 0.3) is 0 Å². The van der Waals surface area contributed by atoms with Gasteiger partial charge < -0.3 is 9.80 Å². The average molecular weight is 403 g/mol. The van der Waals surface area contributed by atoms with E-state index < -0.39 is 10.0 Å². The summed E-state index contributed by atoms with van der Waals surface area (Å²) in [6.07, 6.45) is 0. The molecular weight excluding hydrogens is 374 g/mol. The molecule has 1 amide bonds. The number of anilines is 1. The Hall–Kier alpha value is -2.38. The van der Waals surface area contributed by atoms with E-state index in [4.69, 9.17) is 0 Å². The Balaban J connectivity index is 1.95. The minimum atomic E-state index is -3.86. The van der Waals surface area contributed by atoms with Crippen LogP contribution in [0.5, 0.6) is 0 Å². The van der Waals surface area contributed by atoms with Gasteiger partial charge >= 0.3 is 0 Å². The quantitative estimate of drug-likeness (QED) is 0.807. The zero-order valence-corrected chi connectivity index (χ0v) is 17.5. The van der Waals surface area contributed by atoms with Gasteiger partial charge in [0.25, 0.3) is 10.0 Å². The smallest absolute Gasteiger partial charge is 0.264 e. The molecule has 1 aliphatic heterocycles. The van der Waals surface area contributed by atoms with Gasteiger partial charge in [-0.2, -0.15) is 0 Å². The number of amides is 1. The molecule has 0 unspecified atom stereocenters. The molecule has 3 rings (SSSR count). The number of carbonyl (C=O) groups is 1. The van der Waals surface area contributed by atoms with Crippen LogP contribution in [0.1, 0.15) is 11.1 Å². The number of hydrogen-bond donors (Lipinski definition) is 1. The molecule has 1 fully saturated rings. The van der Waals surface area contributed by atoms with Gasteiger partial charge in [0.15, 0.2) is 0 Å². The lowest BCUT2D eigenvalue weighted by Gasteiger charge is -2.32. The molecular formula is C21H28N3O3S+. The number of piperazine rings is 1. The standard InChI is InChI=1S/C21H27N3O3S/c1-17-8-10-19(11-9-17)28(26,27)24(20-7-5-4-6-18(20)2)16-21(25)23-14-12-22(3)13-15-23/h4-11H,12-16H2,1-3H3/p+1. The number of para-hydroxylation sites is 1. The van der Waals surface area contributed by atoms with E-state index in [9.17, 15) is 13.2 Å². The van der Waals surface area contributed by atoms with Gasteiger partial charge in [-0.25, -0.2) is 8.42 Å². The molecule has 1 heterocycles. The first-order valence-corrected chi connectivity index (χ1v) is 11.0. The average Bonchev–Trinajstić information content (AvgIpc) is 2.67. The Morgan fingerprint density at radius 3 is 2.25 bits per heavy atom. The van der Waals surface area contributed by atoms with Crippen LogP contribution in [0.2, 0.25) is 0 Å². The third kappa shape index (κ3) is 4.36. The number of rotatable bonds is 5. The van der Waals surface area contributed by atoms with Crippen LogP contribution in [0.4, 0.5) is 5.69 Å². The van der Waals surface area contributed by atoms with Crippen molar-refractivity contribution in [2.24, 2.45) is 0 Å². The number of nitrogens with zero attached hydrogens (tertiary/aromatic N) is 2. The van der Waals surface area contributed by atoms with Gasteiger partial charge in [0.2, 0.25) is 5.91 Å². The van der Waals surface area contributed by atoms with Crippen molar-refractivity contribution in [3.63, 3.8) is 0 Å². The maximum atomic E-state index is 13.4. The minimum absolute atomic E-state index is 0.161. The molecule has 0 aliphatic carbocycles. The molecule has 2 aromatic rings. The van der Waals surface area contributed by atoms with Crippen LogP contribution in [0.3, 0.4) is 0 Å². The lowest BCUT2D eigenvalue weighted by atomic mass is 10.2. The van der Waals surface area contributed by atoms with E-state index >= 15 is 0 Å². The number of sulfonamides is 1. The van der Waals surface area contributed by atoms with Crippen molar-refractivity contribution in [3.05, 3.63) is 59.7 Å². The van der Waals surface area contributed by atoms with Crippen LogP contribution in [-0.2, 0) is 14.8 Å². The van der Waals surface area contributed by atoms with Crippen LogP contribution in [0.15, 0.2) is 53.4 Å². The summed E-state index contributed by atoms with van der Waals surface area (Å²) in [7, 11) is -1.76. The van der Waals surface area contributed by atoms with Gasteiger partial charge in [0.1, 0.15) is 6.54 Å². The molecule has 1 aliphatic rings. The summed E-state index contributed by atoms with van der Waals surface area (Å²) in [5.74, 6) is -0.161. The zero-order chi connectivity index (χ0) is 20.3. The van der Waals surface area contributed by atoms with Crippen LogP contribution in [0, 0.1) is 13.8 Å². The molecule has 0 aromatic heterocycles. The number of likely N-dealkylation sites (N-methyl/N-ethyl adjacent to an activating group) is 1. The molecule has 0 radical (unpaired) electrons. The normalized spacial score (nSPS) is 15.5. The maximum absolute atomic E-state index is 13.4. The SMILES string of the molecule is Cc1ccc(S(=O)(=O)N(CC(=O)N2CC[NH+](C)CC2)c2ccccc2C)cc1. The van der Waals surface area contributed by atoms with E-state index in [2.05, 4.69) is 7.05 Å². The van der Waals surface area contributed by atoms with Gasteiger partial charge in [-0.05, 0) is 37.6 Å². The van der Waals surface area contributed by atoms with Gasteiger partial charge in [-0.3, -0.25) is 9.10 Å². The molecule has 2 aromatic carbocycles. The molecule has 7 heteroatoms. The van der Waals surface area contributed by atoms with Gasteiger partial charge in [-0.15, -0.1) is 0 Å². The second kappa shape index (κ2) is 8.32. The Kier molecular flexibility index (Phi) is 6.05. The number of benzene rings is 2. The number of nitrogens with one attached hydrogen (secondary N) is 1. The third-order valence-electron chi connectivity index (χ3n) is 5.24. The maximum Gasteiger partial charge on any atom is 0.264 e. The van der Waals surface area contributed by atoms with Crippen molar-refractivity contribution in [2.75, 3.05) is 44.1 Å². The predicted molar refractivity (Wildman–Crippen MR) is 110 cm³/mol. The molecule has 0 saturated carbocycles. The number of hydrogen-bond acceptors (Lipinski definition) is 3. The molecule has 1 saturated heterocycles. The highest BCUT2D eigenvalue weighted by atomic mass is 32.2. The van der Waals surface area contributed by atoms with Crippen LogP contribution >= 0.6 is 0 Å². The van der Waals surface area contributed by atoms with Gasteiger partial charge in [0, 0.05) is 0 Å². The van der Waals surface area contributed by atoms with E-state index in [0.29, 0.717) is 18.8 Å². The van der Waals surface area contributed by atoms with Crippen molar-refractivity contribution >= 4 is 21.6 Å². The van der Waals surface area contributed by atoms with Gasteiger partial charge in [0.05, 0.1) is 43.8 Å². The molecule has 1 N–H and O–H groups in total. The topological polar surface area (TPSA) is 62.1 Å². The van der Waals surface area contributed by atoms with Crippen molar-refractivity contribution in [1.29, 1.82) is 0 Å². The molecule has 0 bridgehead atoms. The van der Waals surface area contributed by atoms with E-state index in [1.165, 1.54) is 9.21 Å². The summed E-state index contributed by atoms with van der Waals surface area (Å²) < 4.78 is 28.1. The largest absolute Gasteiger partial charge is 0.334 e. The van der Waals surface area contributed by atoms with Crippen LogP contribution < -0.4 is 9.21 Å². The second-order valence-corrected chi connectivity index (χ2v) is 9.31. The number of aryl methyl sites for hydroxylation is 2. The second-order valence-electron chi connectivity index (χ2n) is 7.45. The Labute approximate surface area is 167 Å². The Morgan fingerprint density at radius 1 is 1.04 bits per heavy atom. The fraction of sp³-hybridized carbons (Fsp3) is 0.381. The zero-order valence-electron chi connectivity index (χ0n) is 16.7.